The number of nitrogens with zero attached hydrogens (tertiary/aromatic N) is 1. The Morgan fingerprint density at radius 1 is 1.12 bits per heavy atom. The lowest BCUT2D eigenvalue weighted by Crippen LogP contribution is -2.45. The van der Waals surface area contributed by atoms with Crippen LogP contribution in [0.1, 0.15) is 12.0 Å². The van der Waals surface area contributed by atoms with Crippen molar-refractivity contribution in [2.45, 2.75) is 24.3 Å². The number of amides is 1. The van der Waals surface area contributed by atoms with Crippen molar-refractivity contribution in [1.82, 2.24) is 4.31 Å². The molecule has 1 amide bonds. The lowest BCUT2D eigenvalue weighted by atomic mass is 10.2. The van der Waals surface area contributed by atoms with E-state index in [1.807, 2.05) is 6.92 Å². The van der Waals surface area contributed by atoms with Crippen LogP contribution < -0.4 is 5.32 Å². The highest BCUT2D eigenvalue weighted by Crippen LogP contribution is 2.51. The highest BCUT2D eigenvalue weighted by atomic mass is 32.2. The zero-order chi connectivity index (χ0) is 18.5. The van der Waals surface area contributed by atoms with Crippen LogP contribution in [0.15, 0.2) is 53.4 Å². The van der Waals surface area contributed by atoms with E-state index < -0.39 is 21.9 Å². The molecule has 2 aromatic carbocycles. The van der Waals surface area contributed by atoms with Crippen LogP contribution in [0, 0.1) is 24.6 Å². The van der Waals surface area contributed by atoms with E-state index in [0.717, 1.165) is 12.0 Å². The van der Waals surface area contributed by atoms with Crippen molar-refractivity contribution < 1.29 is 17.6 Å². The van der Waals surface area contributed by atoms with E-state index >= 15 is 0 Å². The van der Waals surface area contributed by atoms with Crippen LogP contribution in [0.4, 0.5) is 10.1 Å². The van der Waals surface area contributed by atoms with Gasteiger partial charge in [-0.3, -0.25) is 4.79 Å². The lowest BCUT2D eigenvalue weighted by molar-refractivity contribution is -0.119. The van der Waals surface area contributed by atoms with Crippen molar-refractivity contribution in [2.75, 3.05) is 11.9 Å². The SMILES string of the molecule is Cc1ccc(S(=O)(=O)N2CC3CC3C2C(=O)Nc2ccc(F)cc2)cc1. The van der Waals surface area contributed by atoms with Crippen LogP contribution in [0.3, 0.4) is 0 Å². The van der Waals surface area contributed by atoms with Gasteiger partial charge in [0, 0.05) is 12.2 Å². The highest BCUT2D eigenvalue weighted by molar-refractivity contribution is 7.89. The number of benzene rings is 2. The summed E-state index contributed by atoms with van der Waals surface area (Å²) in [6.07, 6.45) is 0.863. The second-order valence-corrected chi connectivity index (χ2v) is 8.88. The Balaban J connectivity index is 1.59. The average molecular weight is 374 g/mol. The van der Waals surface area contributed by atoms with Gasteiger partial charge in [0.15, 0.2) is 0 Å². The van der Waals surface area contributed by atoms with E-state index in [2.05, 4.69) is 5.32 Å². The number of anilines is 1. The summed E-state index contributed by atoms with van der Waals surface area (Å²) in [6, 6.07) is 11.4. The second-order valence-electron chi connectivity index (χ2n) is 6.99. The molecular formula is C19H19FN2O3S. The van der Waals surface area contributed by atoms with Gasteiger partial charge in [0.2, 0.25) is 15.9 Å². The Hall–Kier alpha value is -2.25. The van der Waals surface area contributed by atoms with Crippen LogP contribution >= 0.6 is 0 Å². The van der Waals surface area contributed by atoms with Crippen LogP contribution in [-0.4, -0.2) is 31.2 Å². The molecule has 0 spiro atoms. The Morgan fingerprint density at radius 3 is 2.42 bits per heavy atom. The lowest BCUT2D eigenvalue weighted by Gasteiger charge is -2.26. The van der Waals surface area contributed by atoms with Crippen LogP contribution in [0.25, 0.3) is 0 Å². The van der Waals surface area contributed by atoms with Crippen molar-refractivity contribution >= 4 is 21.6 Å². The molecule has 2 fully saturated rings. The topological polar surface area (TPSA) is 66.5 Å². The van der Waals surface area contributed by atoms with Crippen molar-refractivity contribution in [3.05, 3.63) is 59.9 Å². The zero-order valence-corrected chi connectivity index (χ0v) is 15.0. The molecule has 0 bridgehead atoms. The molecule has 7 heteroatoms. The molecule has 5 nitrogen and oxygen atoms in total. The largest absolute Gasteiger partial charge is 0.325 e. The van der Waals surface area contributed by atoms with Gasteiger partial charge in [-0.2, -0.15) is 4.31 Å². The predicted molar refractivity (Wildman–Crippen MR) is 95.5 cm³/mol. The first kappa shape index (κ1) is 17.2. The summed E-state index contributed by atoms with van der Waals surface area (Å²) in [5.41, 5.74) is 1.42. The summed E-state index contributed by atoms with van der Waals surface area (Å²) in [5.74, 6) is -0.471. The quantitative estimate of drug-likeness (QED) is 0.895. The number of hydrogen-bond donors (Lipinski definition) is 1. The molecule has 1 N–H and O–H groups in total. The molecule has 0 radical (unpaired) electrons. The number of carbonyl (C=O) groups excluding carboxylic acids is 1. The molecule has 1 saturated carbocycles. The minimum Gasteiger partial charge on any atom is -0.325 e. The maximum Gasteiger partial charge on any atom is 0.243 e. The molecule has 1 aliphatic carbocycles. The molecule has 4 rings (SSSR count). The fourth-order valence-electron chi connectivity index (χ4n) is 3.59. The third kappa shape index (κ3) is 3.01. The number of halogens is 1. The van der Waals surface area contributed by atoms with Gasteiger partial charge in [-0.15, -0.1) is 0 Å². The number of rotatable bonds is 4. The molecule has 1 saturated heterocycles. The van der Waals surface area contributed by atoms with Crippen molar-refractivity contribution in [3.63, 3.8) is 0 Å². The summed E-state index contributed by atoms with van der Waals surface area (Å²) in [5, 5.41) is 2.72. The van der Waals surface area contributed by atoms with E-state index in [4.69, 9.17) is 0 Å². The second kappa shape index (κ2) is 6.17. The standard InChI is InChI=1S/C19H19FN2O3S/c1-12-2-8-16(9-3-12)26(24,25)22-11-13-10-17(13)18(22)19(23)21-15-6-4-14(20)5-7-15/h2-9,13,17-18H,10-11H2,1H3,(H,21,23). The number of piperidine rings is 1. The number of carbonyl (C=O) groups is 1. The van der Waals surface area contributed by atoms with Crippen LogP contribution in [0.2, 0.25) is 0 Å². The third-order valence-corrected chi connectivity index (χ3v) is 6.98. The summed E-state index contributed by atoms with van der Waals surface area (Å²) in [4.78, 5) is 13.0. The molecule has 2 aromatic rings. The molecule has 26 heavy (non-hydrogen) atoms. The molecule has 1 aliphatic heterocycles. The molecule has 1 heterocycles. The summed E-state index contributed by atoms with van der Waals surface area (Å²) in [7, 11) is -3.74. The van der Waals surface area contributed by atoms with Gasteiger partial charge in [0.25, 0.3) is 0 Å². The Kier molecular flexibility index (Phi) is 4.08. The van der Waals surface area contributed by atoms with E-state index in [1.165, 1.54) is 28.6 Å². The van der Waals surface area contributed by atoms with Gasteiger partial charge < -0.3 is 5.32 Å². The first-order valence-corrected chi connectivity index (χ1v) is 9.95. The molecule has 136 valence electrons. The summed E-state index contributed by atoms with van der Waals surface area (Å²) in [6.45, 7) is 2.25. The van der Waals surface area contributed by atoms with E-state index in [0.29, 0.717) is 12.2 Å². The Morgan fingerprint density at radius 2 is 1.77 bits per heavy atom. The van der Waals surface area contributed by atoms with Crippen molar-refractivity contribution in [2.24, 2.45) is 11.8 Å². The number of hydrogen-bond acceptors (Lipinski definition) is 3. The molecule has 3 atom stereocenters. The van der Waals surface area contributed by atoms with E-state index in [-0.39, 0.29) is 22.6 Å². The highest BCUT2D eigenvalue weighted by Gasteiger charge is 2.58. The molecule has 0 aromatic heterocycles. The molecular weight excluding hydrogens is 355 g/mol. The molecule has 2 aliphatic rings. The smallest absolute Gasteiger partial charge is 0.243 e. The van der Waals surface area contributed by atoms with Crippen molar-refractivity contribution in [1.29, 1.82) is 0 Å². The minimum absolute atomic E-state index is 0.0515. The van der Waals surface area contributed by atoms with Gasteiger partial charge in [0.1, 0.15) is 11.9 Å². The number of fused-ring (bicyclic) bond motifs is 1. The predicted octanol–water partition coefficient (Wildman–Crippen LogP) is 2.78. The van der Waals surface area contributed by atoms with Gasteiger partial charge in [-0.1, -0.05) is 17.7 Å². The average Bonchev–Trinajstić information content (AvgIpc) is 3.26. The van der Waals surface area contributed by atoms with E-state index in [9.17, 15) is 17.6 Å². The molecule has 3 unspecified atom stereocenters. The fraction of sp³-hybridized carbons (Fsp3) is 0.316. The maximum atomic E-state index is 13.0. The summed E-state index contributed by atoms with van der Waals surface area (Å²) >= 11 is 0. The first-order valence-electron chi connectivity index (χ1n) is 8.51. The monoisotopic (exact) mass is 374 g/mol. The third-order valence-electron chi connectivity index (χ3n) is 5.12. The Bertz CT molecular complexity index is 942. The van der Waals surface area contributed by atoms with Gasteiger partial charge in [-0.25, -0.2) is 12.8 Å². The van der Waals surface area contributed by atoms with Crippen LogP contribution in [-0.2, 0) is 14.8 Å². The van der Waals surface area contributed by atoms with Crippen molar-refractivity contribution in [3.8, 4) is 0 Å². The fourth-order valence-corrected chi connectivity index (χ4v) is 5.28. The summed E-state index contributed by atoms with van der Waals surface area (Å²) < 4.78 is 40.4. The maximum absolute atomic E-state index is 13.0. The van der Waals surface area contributed by atoms with Gasteiger partial charge in [-0.05, 0) is 61.6 Å². The minimum atomic E-state index is -3.74. The van der Waals surface area contributed by atoms with E-state index in [1.54, 1.807) is 24.3 Å². The first-order chi connectivity index (χ1) is 12.4. The normalized spacial score (nSPS) is 24.9. The number of nitrogens with one attached hydrogen (secondary N) is 1. The van der Waals surface area contributed by atoms with Gasteiger partial charge in [0.05, 0.1) is 4.90 Å². The zero-order valence-electron chi connectivity index (χ0n) is 14.2. The Labute approximate surface area is 151 Å². The number of aryl methyl sites for hydroxylation is 1. The van der Waals surface area contributed by atoms with Crippen LogP contribution in [0.5, 0.6) is 0 Å². The van der Waals surface area contributed by atoms with Gasteiger partial charge >= 0.3 is 0 Å². The number of sulfonamides is 1.